The number of hydrogen-bond donors (Lipinski definition) is 3. The van der Waals surface area contributed by atoms with Gasteiger partial charge in [0.25, 0.3) is 20.2 Å². The van der Waals surface area contributed by atoms with E-state index in [0.29, 0.717) is 6.42 Å². The van der Waals surface area contributed by atoms with Crippen LogP contribution in [0, 0.1) is 0 Å². The lowest BCUT2D eigenvalue weighted by molar-refractivity contribution is -0.137. The van der Waals surface area contributed by atoms with Gasteiger partial charge in [-0.15, -0.1) is 0 Å². The molecule has 0 unspecified atom stereocenters. The van der Waals surface area contributed by atoms with Gasteiger partial charge in [-0.05, 0) is 6.42 Å². The molecule has 0 aliphatic rings. The van der Waals surface area contributed by atoms with Crippen molar-refractivity contribution in [3.05, 3.63) is 0 Å². The number of unbranched alkanes of at least 4 members (excludes halogenated alkanes) is 14. The van der Waals surface area contributed by atoms with Crippen LogP contribution < -0.4 is 0 Å². The first-order valence-corrected chi connectivity index (χ1v) is 13.8. The van der Waals surface area contributed by atoms with Crippen LogP contribution >= 0.6 is 0 Å². The molecule has 29 heavy (non-hydrogen) atoms. The maximum Gasteiger partial charge on any atom is 0.303 e. The summed E-state index contributed by atoms with van der Waals surface area (Å²) in [7, 11) is -9.24. The van der Waals surface area contributed by atoms with Crippen LogP contribution in [0.2, 0.25) is 0 Å². The molecule has 0 aromatic heterocycles. The van der Waals surface area contributed by atoms with Gasteiger partial charge in [0.05, 0.1) is 0 Å². The Kier molecular flexibility index (Phi) is 20.3. The Morgan fingerprint density at radius 1 is 0.586 bits per heavy atom. The first-order valence-electron chi connectivity index (χ1n) is 10.6. The number of aliphatic carboxylic acids is 1. The highest BCUT2D eigenvalue weighted by Gasteiger charge is 2.15. The predicted molar refractivity (Wildman–Crippen MR) is 115 cm³/mol. The first-order chi connectivity index (χ1) is 13.5. The Balaban J connectivity index is 0. The van der Waals surface area contributed by atoms with Crippen molar-refractivity contribution in [2.75, 3.05) is 5.08 Å². The average Bonchev–Trinajstić information content (AvgIpc) is 2.55. The molecule has 0 aliphatic heterocycles. The van der Waals surface area contributed by atoms with Crippen molar-refractivity contribution >= 4 is 26.2 Å². The van der Waals surface area contributed by atoms with Crippen molar-refractivity contribution < 1.29 is 35.8 Å². The van der Waals surface area contributed by atoms with Crippen molar-refractivity contribution in [3.8, 4) is 0 Å². The van der Waals surface area contributed by atoms with Gasteiger partial charge in [-0.1, -0.05) is 96.8 Å². The van der Waals surface area contributed by atoms with Gasteiger partial charge in [-0.2, -0.15) is 16.8 Å². The smallest absolute Gasteiger partial charge is 0.303 e. The molecule has 8 nitrogen and oxygen atoms in total. The molecular weight excluding hydrogens is 420 g/mol. The fraction of sp³-hybridized carbons (Fsp3) is 0.947. The topological polar surface area (TPSA) is 146 Å². The second-order valence-corrected chi connectivity index (χ2v) is 10.6. The molecule has 10 heteroatoms. The maximum absolute atomic E-state index is 10.3. The number of carbonyl (C=O) groups is 1. The summed E-state index contributed by atoms with van der Waals surface area (Å²) in [4.78, 5) is 10.3. The minimum Gasteiger partial charge on any atom is -0.481 e. The molecule has 3 N–H and O–H groups in total. The van der Waals surface area contributed by atoms with Gasteiger partial charge in [-0.25, -0.2) is 0 Å². The van der Waals surface area contributed by atoms with Crippen LogP contribution in [0.15, 0.2) is 0 Å². The second-order valence-electron chi connectivity index (χ2n) is 7.38. The fourth-order valence-electron chi connectivity index (χ4n) is 2.84. The van der Waals surface area contributed by atoms with Crippen molar-refractivity contribution in [2.45, 2.75) is 110 Å². The standard InChI is InChI=1S/C18H36O2.CH4O6S2/c1-2-3-4-5-6-7-8-9-10-11-12-13-14-15-16-17-18(19)20;2-8(3,4)1-9(5,6)7/h2-17H2,1H3,(H,19,20);1H2,(H,2,3,4)(H,5,6,7). The van der Waals surface area contributed by atoms with Crippen LogP contribution in [-0.4, -0.2) is 42.1 Å². The maximum atomic E-state index is 10.3. The molecule has 176 valence electrons. The molecule has 0 amide bonds. The van der Waals surface area contributed by atoms with E-state index in [4.69, 9.17) is 14.2 Å². The van der Waals surface area contributed by atoms with Crippen molar-refractivity contribution in [2.24, 2.45) is 0 Å². The van der Waals surface area contributed by atoms with Crippen LogP contribution in [-0.2, 0) is 25.0 Å². The van der Waals surface area contributed by atoms with Gasteiger partial charge in [0, 0.05) is 6.42 Å². The van der Waals surface area contributed by atoms with E-state index in [2.05, 4.69) is 6.92 Å². The molecule has 0 saturated carbocycles. The molecule has 0 heterocycles. The zero-order valence-corrected chi connectivity index (χ0v) is 19.4. The summed E-state index contributed by atoms with van der Waals surface area (Å²) >= 11 is 0. The van der Waals surface area contributed by atoms with Gasteiger partial charge in [-0.3, -0.25) is 13.9 Å². The molecule has 0 rings (SSSR count). The molecule has 0 saturated heterocycles. The van der Waals surface area contributed by atoms with E-state index in [9.17, 15) is 21.6 Å². The zero-order valence-electron chi connectivity index (χ0n) is 17.7. The number of carboxylic acid groups (broad SMARTS) is 1. The van der Waals surface area contributed by atoms with E-state index < -0.39 is 31.3 Å². The molecule has 0 atom stereocenters. The molecular formula is C19H40O8S2. The molecule has 0 radical (unpaired) electrons. The summed E-state index contributed by atoms with van der Waals surface area (Å²) < 4.78 is 54.2. The van der Waals surface area contributed by atoms with E-state index >= 15 is 0 Å². The first kappa shape index (κ1) is 30.5. The van der Waals surface area contributed by atoms with E-state index in [-0.39, 0.29) is 0 Å². The Hall–Kier alpha value is -0.710. The number of rotatable bonds is 18. The molecule has 0 aromatic carbocycles. The lowest BCUT2D eigenvalue weighted by Crippen LogP contribution is -2.13. The summed E-state index contributed by atoms with van der Waals surface area (Å²) in [6, 6.07) is 0. The monoisotopic (exact) mass is 460 g/mol. The van der Waals surface area contributed by atoms with Crippen LogP contribution in [0.3, 0.4) is 0 Å². The summed E-state index contributed by atoms with van der Waals surface area (Å²) in [5, 5.41) is 6.86. The third-order valence-electron chi connectivity index (χ3n) is 4.29. The van der Waals surface area contributed by atoms with Gasteiger partial charge in [0.2, 0.25) is 5.08 Å². The minimum atomic E-state index is -4.62. The third kappa shape index (κ3) is 35.1. The fourth-order valence-corrected chi connectivity index (χ4v) is 4.34. The van der Waals surface area contributed by atoms with E-state index in [1.807, 2.05) is 0 Å². The van der Waals surface area contributed by atoms with Gasteiger partial charge in [0.1, 0.15) is 0 Å². The summed E-state index contributed by atoms with van der Waals surface area (Å²) in [5.74, 6) is -0.653. The van der Waals surface area contributed by atoms with E-state index in [0.717, 1.165) is 12.8 Å². The van der Waals surface area contributed by atoms with Crippen LogP contribution in [0.1, 0.15) is 110 Å². The lowest BCUT2D eigenvalue weighted by Gasteiger charge is -2.03. The van der Waals surface area contributed by atoms with Crippen LogP contribution in [0.4, 0.5) is 0 Å². The Morgan fingerprint density at radius 2 is 0.862 bits per heavy atom. The second kappa shape index (κ2) is 19.3. The van der Waals surface area contributed by atoms with Gasteiger partial charge < -0.3 is 5.11 Å². The molecule has 0 bridgehead atoms. The highest BCUT2D eigenvalue weighted by atomic mass is 32.3. The normalized spacial score (nSPS) is 11.7. The van der Waals surface area contributed by atoms with Crippen molar-refractivity contribution in [3.63, 3.8) is 0 Å². The third-order valence-corrected chi connectivity index (χ3v) is 6.67. The van der Waals surface area contributed by atoms with Gasteiger partial charge >= 0.3 is 5.97 Å². The molecule has 0 fully saturated rings. The number of carboxylic acids is 1. The lowest BCUT2D eigenvalue weighted by atomic mass is 10.0. The average molecular weight is 461 g/mol. The van der Waals surface area contributed by atoms with Crippen LogP contribution in [0.25, 0.3) is 0 Å². The summed E-state index contributed by atoms with van der Waals surface area (Å²) in [6.45, 7) is 2.27. The summed E-state index contributed by atoms with van der Waals surface area (Å²) in [5.41, 5.74) is 0. The highest BCUT2D eigenvalue weighted by molar-refractivity contribution is 8.02. The Labute approximate surface area is 177 Å². The summed E-state index contributed by atoms with van der Waals surface area (Å²) in [6.07, 6.45) is 20.2. The predicted octanol–water partition coefficient (Wildman–Crippen LogP) is 5.05. The Bertz CT molecular complexity index is 555. The highest BCUT2D eigenvalue weighted by Crippen LogP contribution is 2.13. The van der Waals surface area contributed by atoms with Crippen molar-refractivity contribution in [1.82, 2.24) is 0 Å². The largest absolute Gasteiger partial charge is 0.481 e. The number of hydrogen-bond acceptors (Lipinski definition) is 5. The van der Waals surface area contributed by atoms with Crippen molar-refractivity contribution in [1.29, 1.82) is 0 Å². The van der Waals surface area contributed by atoms with E-state index in [1.54, 1.807) is 0 Å². The minimum absolute atomic E-state index is 0.345. The SMILES string of the molecule is CCCCCCCCCCCCCCCCCC(=O)O.O=S(=O)(O)CS(=O)(=O)O. The van der Waals surface area contributed by atoms with Crippen LogP contribution in [0.5, 0.6) is 0 Å². The molecule has 0 aromatic rings. The Morgan fingerprint density at radius 3 is 1.07 bits per heavy atom. The molecule has 0 aliphatic carbocycles. The van der Waals surface area contributed by atoms with Gasteiger partial charge in [0.15, 0.2) is 0 Å². The zero-order chi connectivity index (χ0) is 22.6. The quantitative estimate of drug-likeness (QED) is 0.190. The van der Waals surface area contributed by atoms with E-state index in [1.165, 1.54) is 83.5 Å². The molecule has 0 spiro atoms.